The molecular formula is C11H11BClF4N3O. The number of halogens is 5. The van der Waals surface area contributed by atoms with Crippen LogP contribution in [0.5, 0.6) is 0 Å². The molecule has 2 rings (SSSR count). The van der Waals surface area contributed by atoms with Crippen LogP contribution in [0.4, 0.5) is 23.0 Å². The van der Waals surface area contributed by atoms with Gasteiger partial charge in [-0.2, -0.15) is 0 Å². The lowest BCUT2D eigenvalue weighted by atomic mass is 10.3. The second kappa shape index (κ2) is 7.68. The van der Waals surface area contributed by atoms with Gasteiger partial charge in [-0.25, -0.2) is 9.98 Å². The van der Waals surface area contributed by atoms with Gasteiger partial charge < -0.3 is 27.0 Å². The number of aromatic nitrogens is 2. The van der Waals surface area contributed by atoms with Crippen LogP contribution >= 0.6 is 11.6 Å². The predicted octanol–water partition coefficient (Wildman–Crippen LogP) is 4.20. The van der Waals surface area contributed by atoms with Crippen LogP contribution in [0.3, 0.4) is 0 Å². The monoisotopic (exact) mass is 323 g/mol. The summed E-state index contributed by atoms with van der Waals surface area (Å²) in [6.07, 6.45) is 3.35. The van der Waals surface area contributed by atoms with E-state index in [2.05, 4.69) is 15.0 Å². The van der Waals surface area contributed by atoms with Gasteiger partial charge in [-0.05, 0) is 18.2 Å². The van der Waals surface area contributed by atoms with Crippen molar-refractivity contribution < 1.29 is 23.4 Å². The zero-order chi connectivity index (χ0) is 15.9. The molecule has 1 N–H and O–H groups in total. The molecule has 2 aromatic rings. The summed E-state index contributed by atoms with van der Waals surface area (Å²) < 4.78 is 44.2. The number of benzene rings is 1. The molecule has 0 fully saturated rings. The molecule has 0 amide bonds. The van der Waals surface area contributed by atoms with Crippen molar-refractivity contribution >= 4 is 30.4 Å². The molecule has 4 nitrogen and oxygen atoms in total. The van der Waals surface area contributed by atoms with Gasteiger partial charge in [0, 0.05) is 17.4 Å². The number of hydrogen-bond donors (Lipinski definition) is 1. The summed E-state index contributed by atoms with van der Waals surface area (Å²) in [5.74, 6) is 1.01. The van der Waals surface area contributed by atoms with Gasteiger partial charge in [-0.15, -0.1) is 0 Å². The van der Waals surface area contributed by atoms with E-state index >= 15 is 0 Å². The van der Waals surface area contributed by atoms with Gasteiger partial charge in [0.05, 0.1) is 12.8 Å². The summed E-state index contributed by atoms with van der Waals surface area (Å²) in [7, 11) is -4.45. The van der Waals surface area contributed by atoms with Gasteiger partial charge in [-0.3, -0.25) is 0 Å². The van der Waals surface area contributed by atoms with Crippen molar-refractivity contribution in [2.24, 2.45) is 4.99 Å². The standard InChI is InChI=1S/C11H10ClN3O.BF4/c1-16-11(10-13-5-6-14-10)15-9-4-2-3-8(12)7-9;2-1(3,4)5/h2-7H,1H3,(H,13,14);/q;-1/p+1. The predicted molar refractivity (Wildman–Crippen MR) is 74.5 cm³/mol. The van der Waals surface area contributed by atoms with Crippen LogP contribution in [-0.4, -0.2) is 30.2 Å². The lowest BCUT2D eigenvalue weighted by molar-refractivity contribution is 0.368. The van der Waals surface area contributed by atoms with Crippen LogP contribution in [0.2, 0.25) is 5.02 Å². The van der Waals surface area contributed by atoms with E-state index in [-0.39, 0.29) is 1.43 Å². The topological polar surface area (TPSA) is 50.3 Å². The smallest absolute Gasteiger partial charge is 0.478 e. The number of nitrogens with zero attached hydrogens (tertiary/aromatic N) is 2. The van der Waals surface area contributed by atoms with Crippen molar-refractivity contribution in [3.8, 4) is 0 Å². The fourth-order valence-electron chi connectivity index (χ4n) is 1.24. The molecule has 0 spiro atoms. The quantitative estimate of drug-likeness (QED) is 0.390. The summed E-state index contributed by atoms with van der Waals surface area (Å²) >= 11 is 5.86. The highest BCUT2D eigenvalue weighted by Crippen LogP contribution is 2.18. The fraction of sp³-hybridized carbons (Fsp3) is 0.0909. The number of imidazole rings is 1. The molecule has 0 aliphatic rings. The number of rotatable bonds is 2. The van der Waals surface area contributed by atoms with Crippen molar-refractivity contribution in [2.75, 3.05) is 7.11 Å². The van der Waals surface area contributed by atoms with E-state index in [1.165, 1.54) is 0 Å². The molecule has 1 aromatic carbocycles. The summed E-state index contributed by atoms with van der Waals surface area (Å²) in [4.78, 5) is 11.3. The molecule has 21 heavy (non-hydrogen) atoms. The molecule has 1 aromatic heterocycles. The summed E-state index contributed by atoms with van der Waals surface area (Å²) in [6.45, 7) is 0. The summed E-state index contributed by atoms with van der Waals surface area (Å²) in [5.41, 5.74) is 0.723. The van der Waals surface area contributed by atoms with E-state index in [0.717, 1.165) is 5.69 Å². The third-order valence-corrected chi connectivity index (χ3v) is 2.17. The maximum Gasteiger partial charge on any atom is 1.00 e. The minimum Gasteiger partial charge on any atom is -0.478 e. The highest BCUT2D eigenvalue weighted by atomic mass is 35.5. The number of H-pyrrole nitrogens is 1. The average Bonchev–Trinajstić information content (AvgIpc) is 2.87. The van der Waals surface area contributed by atoms with Crippen LogP contribution < -0.4 is 0 Å². The van der Waals surface area contributed by atoms with Gasteiger partial charge in [0.1, 0.15) is 0 Å². The first-order valence-corrected chi connectivity index (χ1v) is 5.92. The Labute approximate surface area is 124 Å². The molecule has 0 radical (unpaired) electrons. The maximum atomic E-state index is 9.75. The van der Waals surface area contributed by atoms with Crippen molar-refractivity contribution in [3.63, 3.8) is 0 Å². The van der Waals surface area contributed by atoms with E-state index in [4.69, 9.17) is 16.3 Å². The van der Waals surface area contributed by atoms with Crippen molar-refractivity contribution in [2.45, 2.75) is 0 Å². The van der Waals surface area contributed by atoms with Crippen molar-refractivity contribution in [1.29, 1.82) is 0 Å². The molecule has 0 aliphatic heterocycles. The third kappa shape index (κ3) is 7.35. The lowest BCUT2D eigenvalue weighted by Gasteiger charge is -2.01. The van der Waals surface area contributed by atoms with E-state index in [1.807, 2.05) is 12.1 Å². The fourth-order valence-corrected chi connectivity index (χ4v) is 1.42. The Bertz CT molecular complexity index is 589. The SMILES string of the molecule is COC(=Nc1cccc(Cl)c1)c1ncc[nH]1.F[B-](F)(F)F.[H+]. The minimum absolute atomic E-state index is 0. The van der Waals surface area contributed by atoms with E-state index in [9.17, 15) is 17.3 Å². The van der Waals surface area contributed by atoms with Gasteiger partial charge in [0.25, 0.3) is 5.90 Å². The molecule has 0 atom stereocenters. The summed E-state index contributed by atoms with van der Waals surface area (Å²) in [6, 6.07) is 7.22. The largest absolute Gasteiger partial charge is 1.00 e. The first-order chi connectivity index (χ1) is 9.79. The molecule has 0 saturated heterocycles. The Hall–Kier alpha value is -2.03. The van der Waals surface area contributed by atoms with Crippen molar-refractivity contribution in [3.05, 3.63) is 47.5 Å². The van der Waals surface area contributed by atoms with Crippen LogP contribution in [0.1, 0.15) is 7.25 Å². The Balaban J connectivity index is 0.000000644. The first-order valence-electron chi connectivity index (χ1n) is 5.55. The van der Waals surface area contributed by atoms with Crippen LogP contribution in [0.15, 0.2) is 41.7 Å². The van der Waals surface area contributed by atoms with E-state index in [0.29, 0.717) is 16.7 Å². The van der Waals surface area contributed by atoms with E-state index < -0.39 is 7.25 Å². The zero-order valence-corrected chi connectivity index (χ0v) is 11.5. The summed E-state index contributed by atoms with van der Waals surface area (Å²) in [5, 5.41) is 0.635. The molecule has 0 aliphatic carbocycles. The Morgan fingerprint density at radius 3 is 2.52 bits per heavy atom. The van der Waals surface area contributed by atoms with Crippen LogP contribution in [0, 0.1) is 0 Å². The highest BCUT2D eigenvalue weighted by molar-refractivity contribution is 6.50. The number of methoxy groups -OCH3 is 1. The minimum atomic E-state index is -6.00. The Morgan fingerprint density at radius 1 is 1.38 bits per heavy atom. The highest BCUT2D eigenvalue weighted by Gasteiger charge is 2.20. The maximum absolute atomic E-state index is 9.75. The average molecular weight is 323 g/mol. The molecule has 114 valence electrons. The number of nitrogens with one attached hydrogen (secondary N) is 1. The van der Waals surface area contributed by atoms with Crippen LogP contribution in [-0.2, 0) is 4.74 Å². The lowest BCUT2D eigenvalue weighted by Crippen LogP contribution is -2.05. The molecule has 0 saturated carbocycles. The number of aliphatic imine (C=N–C) groups is 1. The van der Waals surface area contributed by atoms with Gasteiger partial charge >= 0.3 is 8.68 Å². The molecule has 0 unspecified atom stereocenters. The van der Waals surface area contributed by atoms with Crippen molar-refractivity contribution in [1.82, 2.24) is 9.97 Å². The second-order valence-corrected chi connectivity index (χ2v) is 3.97. The number of hydrogen-bond acceptors (Lipinski definition) is 3. The zero-order valence-electron chi connectivity index (χ0n) is 11.7. The van der Waals surface area contributed by atoms with E-state index in [1.54, 1.807) is 31.6 Å². The Kier molecular flexibility index (Phi) is 6.22. The first kappa shape index (κ1) is 17.0. The van der Waals surface area contributed by atoms with Crippen LogP contribution in [0.25, 0.3) is 0 Å². The second-order valence-electron chi connectivity index (χ2n) is 3.53. The molecule has 0 bridgehead atoms. The molecule has 1 heterocycles. The number of aromatic amines is 1. The third-order valence-electron chi connectivity index (χ3n) is 1.93. The van der Waals surface area contributed by atoms with Gasteiger partial charge in [-0.1, -0.05) is 17.7 Å². The normalized spacial score (nSPS) is 11.6. The van der Waals surface area contributed by atoms with Gasteiger partial charge in [0.2, 0.25) is 0 Å². The molecular weight excluding hydrogens is 312 g/mol. The number of ether oxygens (including phenoxy) is 1. The van der Waals surface area contributed by atoms with Gasteiger partial charge in [0.15, 0.2) is 5.82 Å². The Morgan fingerprint density at radius 2 is 2.05 bits per heavy atom. The molecule has 10 heteroatoms.